The summed E-state index contributed by atoms with van der Waals surface area (Å²) in [6, 6.07) is 17.4. The normalized spacial score (nSPS) is 12.9. The third-order valence-corrected chi connectivity index (χ3v) is 7.90. The highest BCUT2D eigenvalue weighted by molar-refractivity contribution is 7.89. The molecule has 1 atom stereocenters. The first kappa shape index (κ1) is 23.2. The quantitative estimate of drug-likeness (QED) is 0.438. The summed E-state index contributed by atoms with van der Waals surface area (Å²) in [5, 5.41) is 4.40. The van der Waals surface area contributed by atoms with Crippen LogP contribution in [-0.2, 0) is 29.5 Å². The van der Waals surface area contributed by atoms with Crippen LogP contribution in [0, 0.1) is 6.92 Å². The average molecular weight is 440 g/mol. The number of sulfonamides is 1. The first-order chi connectivity index (χ1) is 14.9. The van der Waals surface area contributed by atoms with Gasteiger partial charge < -0.3 is 0 Å². The Morgan fingerprint density at radius 3 is 2.29 bits per heavy atom. The summed E-state index contributed by atoms with van der Waals surface area (Å²) in [7, 11) is -3.64. The summed E-state index contributed by atoms with van der Waals surface area (Å²) in [6.07, 6.45) is 3.47. The Morgan fingerprint density at radius 2 is 1.71 bits per heavy atom. The molecule has 0 N–H and O–H groups in total. The second-order valence-electron chi connectivity index (χ2n) is 8.02. The molecule has 3 rings (SSSR count). The Balaban J connectivity index is 1.90. The molecule has 0 saturated heterocycles. The Hall–Kier alpha value is -2.44. The molecule has 0 aliphatic heterocycles. The van der Waals surface area contributed by atoms with Gasteiger partial charge in [-0.2, -0.15) is 9.40 Å². The minimum Gasteiger partial charge on any atom is -0.270 e. The van der Waals surface area contributed by atoms with Crippen molar-refractivity contribution in [2.75, 3.05) is 6.54 Å². The molecule has 0 amide bonds. The van der Waals surface area contributed by atoms with Gasteiger partial charge in [-0.05, 0) is 55.9 Å². The van der Waals surface area contributed by atoms with Crippen molar-refractivity contribution < 1.29 is 8.42 Å². The monoisotopic (exact) mass is 439 g/mol. The van der Waals surface area contributed by atoms with Gasteiger partial charge in [0.25, 0.3) is 0 Å². The van der Waals surface area contributed by atoms with E-state index in [4.69, 9.17) is 0 Å². The van der Waals surface area contributed by atoms with E-state index < -0.39 is 10.0 Å². The summed E-state index contributed by atoms with van der Waals surface area (Å²) < 4.78 is 30.7. The Morgan fingerprint density at radius 1 is 1.03 bits per heavy atom. The van der Waals surface area contributed by atoms with E-state index in [2.05, 4.69) is 18.9 Å². The third kappa shape index (κ3) is 5.43. The van der Waals surface area contributed by atoms with Crippen LogP contribution in [0.2, 0.25) is 0 Å². The number of hydrogen-bond acceptors (Lipinski definition) is 3. The van der Waals surface area contributed by atoms with Crippen LogP contribution in [0.3, 0.4) is 0 Å². The van der Waals surface area contributed by atoms with Gasteiger partial charge in [0.15, 0.2) is 0 Å². The summed E-state index contributed by atoms with van der Waals surface area (Å²) >= 11 is 0. The molecule has 1 heterocycles. The first-order valence-corrected chi connectivity index (χ1v) is 12.5. The summed E-state index contributed by atoms with van der Waals surface area (Å²) in [5.74, 6) is 0.411. The van der Waals surface area contributed by atoms with Gasteiger partial charge in [-0.3, -0.25) is 4.68 Å². The Kier molecular flexibility index (Phi) is 7.68. The van der Waals surface area contributed by atoms with E-state index in [9.17, 15) is 8.42 Å². The lowest BCUT2D eigenvalue weighted by Crippen LogP contribution is -2.32. The molecular weight excluding hydrogens is 406 g/mol. The fourth-order valence-corrected chi connectivity index (χ4v) is 5.10. The highest BCUT2D eigenvalue weighted by Gasteiger charge is 2.26. The van der Waals surface area contributed by atoms with Gasteiger partial charge in [-0.15, -0.1) is 0 Å². The highest BCUT2D eigenvalue weighted by Crippen LogP contribution is 2.24. The van der Waals surface area contributed by atoms with E-state index >= 15 is 0 Å². The number of benzene rings is 2. The van der Waals surface area contributed by atoms with E-state index in [0.29, 0.717) is 30.3 Å². The molecule has 1 aromatic heterocycles. The molecule has 0 saturated carbocycles. The molecule has 166 valence electrons. The van der Waals surface area contributed by atoms with Gasteiger partial charge in [0, 0.05) is 30.9 Å². The number of rotatable bonds is 10. The van der Waals surface area contributed by atoms with Crippen molar-refractivity contribution in [3.8, 4) is 0 Å². The van der Waals surface area contributed by atoms with Crippen LogP contribution in [0.5, 0.6) is 0 Å². The van der Waals surface area contributed by atoms with Gasteiger partial charge in [-0.25, -0.2) is 8.42 Å². The van der Waals surface area contributed by atoms with E-state index in [1.54, 1.807) is 22.6 Å². The predicted molar refractivity (Wildman–Crippen MR) is 126 cm³/mol. The van der Waals surface area contributed by atoms with Crippen LogP contribution < -0.4 is 0 Å². The van der Waals surface area contributed by atoms with Gasteiger partial charge in [0.1, 0.15) is 0 Å². The molecular formula is C25H33N3O2S. The van der Waals surface area contributed by atoms with Crippen molar-refractivity contribution in [3.05, 3.63) is 83.2 Å². The van der Waals surface area contributed by atoms with Crippen molar-refractivity contribution in [3.63, 3.8) is 0 Å². The van der Waals surface area contributed by atoms with E-state index in [0.717, 1.165) is 35.3 Å². The van der Waals surface area contributed by atoms with Crippen LogP contribution >= 0.6 is 0 Å². The van der Waals surface area contributed by atoms with Crippen LogP contribution in [0.4, 0.5) is 0 Å². The smallest absolute Gasteiger partial charge is 0.243 e. The summed E-state index contributed by atoms with van der Waals surface area (Å²) in [6.45, 7) is 9.81. The zero-order chi connectivity index (χ0) is 22.4. The SMILES string of the molecule is CCC(C)c1ccc(S(=O)(=O)N(CCc2ccccc2)Cc2cnn(CC)c2C)cc1. The van der Waals surface area contributed by atoms with Crippen LogP contribution in [0.1, 0.15) is 55.5 Å². The second-order valence-corrected chi connectivity index (χ2v) is 9.96. The minimum absolute atomic E-state index is 0.314. The maximum absolute atomic E-state index is 13.6. The zero-order valence-corrected chi connectivity index (χ0v) is 19.8. The first-order valence-electron chi connectivity index (χ1n) is 11.0. The standard InChI is InChI=1S/C25H33N3O2S/c1-5-20(3)23-12-14-25(15-13-23)31(29,30)27(17-16-22-10-8-7-9-11-22)19-24-18-26-28(6-2)21(24)4/h7-15,18,20H,5-6,16-17,19H2,1-4H3. The molecule has 0 bridgehead atoms. The molecule has 6 heteroatoms. The molecule has 1 unspecified atom stereocenters. The predicted octanol–water partition coefficient (Wildman–Crippen LogP) is 5.16. The number of nitrogens with zero attached hydrogens (tertiary/aromatic N) is 3. The van der Waals surface area contributed by atoms with Crippen LogP contribution in [-0.4, -0.2) is 29.0 Å². The highest BCUT2D eigenvalue weighted by atomic mass is 32.2. The van der Waals surface area contributed by atoms with Crippen molar-refractivity contribution in [2.24, 2.45) is 0 Å². The van der Waals surface area contributed by atoms with Crippen molar-refractivity contribution in [1.82, 2.24) is 14.1 Å². The van der Waals surface area contributed by atoms with Crippen molar-refractivity contribution >= 4 is 10.0 Å². The molecule has 2 aromatic carbocycles. The fourth-order valence-electron chi connectivity index (χ4n) is 3.69. The maximum atomic E-state index is 13.6. The molecule has 0 fully saturated rings. The number of hydrogen-bond donors (Lipinski definition) is 0. The summed E-state index contributed by atoms with van der Waals surface area (Å²) in [5.41, 5.74) is 4.23. The molecule has 3 aromatic rings. The molecule has 0 aliphatic carbocycles. The van der Waals surface area contributed by atoms with Crippen LogP contribution in [0.25, 0.3) is 0 Å². The number of aromatic nitrogens is 2. The van der Waals surface area contributed by atoms with Crippen molar-refractivity contribution in [1.29, 1.82) is 0 Å². The molecule has 31 heavy (non-hydrogen) atoms. The lowest BCUT2D eigenvalue weighted by Gasteiger charge is -2.23. The third-order valence-electron chi connectivity index (χ3n) is 6.04. The Labute approximate surface area is 186 Å². The molecule has 0 spiro atoms. The lowest BCUT2D eigenvalue weighted by molar-refractivity contribution is 0.408. The average Bonchev–Trinajstić information content (AvgIpc) is 3.15. The number of aryl methyl sites for hydroxylation is 1. The second kappa shape index (κ2) is 10.2. The van der Waals surface area contributed by atoms with Gasteiger partial charge in [0.05, 0.1) is 11.1 Å². The van der Waals surface area contributed by atoms with E-state index in [1.165, 1.54) is 0 Å². The van der Waals surface area contributed by atoms with Gasteiger partial charge in [0.2, 0.25) is 10.0 Å². The minimum atomic E-state index is -3.64. The van der Waals surface area contributed by atoms with Gasteiger partial charge in [-0.1, -0.05) is 56.3 Å². The zero-order valence-electron chi connectivity index (χ0n) is 19.0. The molecule has 0 radical (unpaired) electrons. The van der Waals surface area contributed by atoms with Crippen LogP contribution in [0.15, 0.2) is 65.7 Å². The van der Waals surface area contributed by atoms with Gasteiger partial charge >= 0.3 is 0 Å². The topological polar surface area (TPSA) is 55.2 Å². The lowest BCUT2D eigenvalue weighted by atomic mass is 9.99. The summed E-state index contributed by atoms with van der Waals surface area (Å²) in [4.78, 5) is 0.341. The molecule has 0 aliphatic rings. The fraction of sp³-hybridized carbons (Fsp3) is 0.400. The maximum Gasteiger partial charge on any atom is 0.243 e. The van der Waals surface area contributed by atoms with E-state index in [1.807, 2.05) is 61.0 Å². The van der Waals surface area contributed by atoms with Crippen molar-refractivity contribution in [2.45, 2.75) is 64.4 Å². The van der Waals surface area contributed by atoms with E-state index in [-0.39, 0.29) is 0 Å². The molecule has 5 nitrogen and oxygen atoms in total. The largest absolute Gasteiger partial charge is 0.270 e. The Bertz CT molecular complexity index is 1070.